The summed E-state index contributed by atoms with van der Waals surface area (Å²) in [5.41, 5.74) is 2.94. The van der Waals surface area contributed by atoms with E-state index in [0.29, 0.717) is 0 Å². The highest BCUT2D eigenvalue weighted by atomic mass is 32.2. The zero-order valence-corrected chi connectivity index (χ0v) is 12.9. The molecule has 0 aliphatic carbocycles. The van der Waals surface area contributed by atoms with Gasteiger partial charge in [-0.3, -0.25) is 0 Å². The van der Waals surface area contributed by atoms with Gasteiger partial charge in [-0.05, 0) is 74.8 Å². The Morgan fingerprint density at radius 3 is 2.58 bits per heavy atom. The molecule has 1 atom stereocenters. The van der Waals surface area contributed by atoms with Crippen molar-refractivity contribution in [1.29, 1.82) is 0 Å². The van der Waals surface area contributed by atoms with Crippen molar-refractivity contribution in [3.05, 3.63) is 34.6 Å². The quantitative estimate of drug-likeness (QED) is 0.886. The molecule has 1 aromatic rings. The van der Waals surface area contributed by atoms with Crippen molar-refractivity contribution in [3.8, 4) is 0 Å². The molecule has 1 aliphatic heterocycles. The van der Waals surface area contributed by atoms with Crippen molar-refractivity contribution in [2.75, 3.05) is 18.6 Å². The Bertz CT molecular complexity index is 404. The lowest BCUT2D eigenvalue weighted by atomic mass is 9.88. The van der Waals surface area contributed by atoms with Gasteiger partial charge < -0.3 is 5.32 Å². The third kappa shape index (κ3) is 3.73. The summed E-state index contributed by atoms with van der Waals surface area (Å²) in [5.74, 6) is 3.20. The van der Waals surface area contributed by atoms with Gasteiger partial charge >= 0.3 is 0 Å². The van der Waals surface area contributed by atoms with Gasteiger partial charge in [0.15, 0.2) is 0 Å². The van der Waals surface area contributed by atoms with E-state index in [1.807, 2.05) is 32.7 Å². The summed E-state index contributed by atoms with van der Waals surface area (Å²) in [6.07, 6.45) is 3.60. The van der Waals surface area contributed by atoms with Crippen LogP contribution in [0.25, 0.3) is 0 Å². The van der Waals surface area contributed by atoms with Crippen molar-refractivity contribution >= 4 is 11.8 Å². The Kier molecular flexibility index (Phi) is 5.28. The van der Waals surface area contributed by atoms with E-state index in [9.17, 15) is 4.39 Å². The smallest absolute Gasteiger partial charge is 0.128 e. The Morgan fingerprint density at radius 2 is 2.00 bits per heavy atom. The van der Waals surface area contributed by atoms with Gasteiger partial charge in [0.2, 0.25) is 0 Å². The van der Waals surface area contributed by atoms with Crippen LogP contribution in [-0.4, -0.2) is 18.6 Å². The number of aryl methyl sites for hydroxylation is 2. The topological polar surface area (TPSA) is 12.0 Å². The average molecular weight is 281 g/mol. The van der Waals surface area contributed by atoms with Crippen LogP contribution in [0.1, 0.15) is 42.0 Å². The highest BCUT2D eigenvalue weighted by molar-refractivity contribution is 7.99. The molecule has 1 nitrogen and oxygen atoms in total. The standard InChI is InChI=1S/C16H24FNS/c1-11-8-12(2)16(14(17)9-11)15(18-3)10-13-4-6-19-7-5-13/h8-9,13,15,18H,4-7,10H2,1-3H3. The van der Waals surface area contributed by atoms with Crippen LogP contribution < -0.4 is 5.32 Å². The molecule has 1 aliphatic rings. The fourth-order valence-electron chi connectivity index (χ4n) is 3.06. The Labute approximate surface area is 120 Å². The molecule has 0 amide bonds. The maximum atomic E-state index is 14.3. The largest absolute Gasteiger partial charge is 0.313 e. The molecule has 2 rings (SSSR count). The summed E-state index contributed by atoms with van der Waals surface area (Å²) < 4.78 is 14.3. The van der Waals surface area contributed by atoms with Gasteiger partial charge in [-0.25, -0.2) is 4.39 Å². The van der Waals surface area contributed by atoms with Crippen LogP contribution in [0.5, 0.6) is 0 Å². The predicted molar refractivity (Wildman–Crippen MR) is 82.3 cm³/mol. The lowest BCUT2D eigenvalue weighted by Gasteiger charge is -2.27. The Balaban J connectivity index is 2.16. The van der Waals surface area contributed by atoms with Crippen LogP contribution in [0.3, 0.4) is 0 Å². The lowest BCUT2D eigenvalue weighted by Crippen LogP contribution is -2.24. The second-order valence-corrected chi connectivity index (χ2v) is 6.83. The molecule has 1 heterocycles. The molecule has 0 radical (unpaired) electrons. The van der Waals surface area contributed by atoms with Gasteiger partial charge in [0.1, 0.15) is 5.82 Å². The lowest BCUT2D eigenvalue weighted by molar-refractivity contribution is 0.375. The fraction of sp³-hybridized carbons (Fsp3) is 0.625. The SMILES string of the molecule is CNC(CC1CCSCC1)c1c(C)cc(C)cc1F. The van der Waals surface area contributed by atoms with E-state index in [1.54, 1.807) is 6.07 Å². The van der Waals surface area contributed by atoms with Crippen LogP contribution in [0.15, 0.2) is 12.1 Å². The molecule has 1 unspecified atom stereocenters. The predicted octanol–water partition coefficient (Wildman–Crippen LogP) is 4.24. The summed E-state index contributed by atoms with van der Waals surface area (Å²) in [7, 11) is 1.95. The first-order chi connectivity index (χ1) is 9.11. The van der Waals surface area contributed by atoms with Gasteiger partial charge in [-0.1, -0.05) is 6.07 Å². The minimum Gasteiger partial charge on any atom is -0.313 e. The van der Waals surface area contributed by atoms with Crippen molar-refractivity contribution in [1.82, 2.24) is 5.32 Å². The molecule has 1 fully saturated rings. The zero-order chi connectivity index (χ0) is 13.8. The van der Waals surface area contributed by atoms with Crippen molar-refractivity contribution in [2.45, 2.75) is 39.2 Å². The van der Waals surface area contributed by atoms with Crippen LogP contribution >= 0.6 is 11.8 Å². The molecule has 0 spiro atoms. The monoisotopic (exact) mass is 281 g/mol. The van der Waals surface area contributed by atoms with Crippen LogP contribution in [0.2, 0.25) is 0 Å². The summed E-state index contributed by atoms with van der Waals surface area (Å²) >= 11 is 2.04. The normalized spacial score (nSPS) is 18.5. The maximum Gasteiger partial charge on any atom is 0.128 e. The molecular formula is C16H24FNS. The minimum absolute atomic E-state index is 0.0537. The van der Waals surface area contributed by atoms with E-state index in [-0.39, 0.29) is 11.9 Å². The van der Waals surface area contributed by atoms with E-state index in [4.69, 9.17) is 0 Å². The van der Waals surface area contributed by atoms with E-state index >= 15 is 0 Å². The molecule has 19 heavy (non-hydrogen) atoms. The van der Waals surface area contributed by atoms with Gasteiger partial charge in [0.05, 0.1) is 0 Å². The molecule has 106 valence electrons. The highest BCUT2D eigenvalue weighted by Crippen LogP contribution is 2.33. The van der Waals surface area contributed by atoms with Gasteiger partial charge in [0.25, 0.3) is 0 Å². The molecule has 3 heteroatoms. The molecule has 1 N–H and O–H groups in total. The molecule has 0 aromatic heterocycles. The maximum absolute atomic E-state index is 14.3. The minimum atomic E-state index is -0.0537. The first-order valence-corrected chi connectivity index (χ1v) is 8.29. The number of halogens is 1. The molecule has 0 bridgehead atoms. The summed E-state index contributed by atoms with van der Waals surface area (Å²) in [4.78, 5) is 0. The Hall–Kier alpha value is -0.540. The third-order valence-electron chi connectivity index (χ3n) is 4.09. The number of nitrogens with one attached hydrogen (secondary N) is 1. The third-order valence-corrected chi connectivity index (χ3v) is 5.14. The molecule has 0 saturated carbocycles. The van der Waals surface area contributed by atoms with Crippen LogP contribution in [0.4, 0.5) is 4.39 Å². The fourth-order valence-corrected chi connectivity index (χ4v) is 4.27. The number of hydrogen-bond acceptors (Lipinski definition) is 2. The molecule has 1 saturated heterocycles. The highest BCUT2D eigenvalue weighted by Gasteiger charge is 2.22. The van der Waals surface area contributed by atoms with E-state index in [0.717, 1.165) is 29.0 Å². The van der Waals surface area contributed by atoms with Crippen molar-refractivity contribution in [3.63, 3.8) is 0 Å². The summed E-state index contributed by atoms with van der Waals surface area (Å²) in [6, 6.07) is 3.89. The number of benzene rings is 1. The van der Waals surface area contributed by atoms with E-state index < -0.39 is 0 Å². The van der Waals surface area contributed by atoms with Crippen molar-refractivity contribution < 1.29 is 4.39 Å². The summed E-state index contributed by atoms with van der Waals surface area (Å²) in [5, 5.41) is 3.32. The Morgan fingerprint density at radius 1 is 1.32 bits per heavy atom. The molecule has 1 aromatic carbocycles. The van der Waals surface area contributed by atoms with Gasteiger partial charge in [-0.2, -0.15) is 11.8 Å². The second-order valence-electron chi connectivity index (χ2n) is 5.61. The average Bonchev–Trinajstić information content (AvgIpc) is 2.37. The zero-order valence-electron chi connectivity index (χ0n) is 12.1. The summed E-state index contributed by atoms with van der Waals surface area (Å²) in [6.45, 7) is 3.97. The van der Waals surface area contributed by atoms with Crippen LogP contribution in [0, 0.1) is 25.6 Å². The number of thioether (sulfide) groups is 1. The second kappa shape index (κ2) is 6.76. The van der Waals surface area contributed by atoms with E-state index in [2.05, 4.69) is 11.4 Å². The number of rotatable bonds is 4. The number of hydrogen-bond donors (Lipinski definition) is 1. The molecular weight excluding hydrogens is 257 g/mol. The first-order valence-electron chi connectivity index (χ1n) is 7.13. The van der Waals surface area contributed by atoms with Gasteiger partial charge in [0, 0.05) is 11.6 Å². The van der Waals surface area contributed by atoms with Crippen molar-refractivity contribution in [2.24, 2.45) is 5.92 Å². The van der Waals surface area contributed by atoms with Gasteiger partial charge in [-0.15, -0.1) is 0 Å². The van der Waals surface area contributed by atoms with E-state index in [1.165, 1.54) is 24.3 Å². The first kappa shape index (κ1) is 14.9. The van der Waals surface area contributed by atoms with Crippen LogP contribution in [-0.2, 0) is 0 Å².